The van der Waals surface area contributed by atoms with Gasteiger partial charge < -0.3 is 9.53 Å². The lowest BCUT2D eigenvalue weighted by Crippen LogP contribution is -2.38. The third-order valence-electron chi connectivity index (χ3n) is 3.16. The van der Waals surface area contributed by atoms with Crippen molar-refractivity contribution in [3.63, 3.8) is 0 Å². The van der Waals surface area contributed by atoms with Gasteiger partial charge in [0.1, 0.15) is 22.7 Å². The van der Waals surface area contributed by atoms with Gasteiger partial charge in [0.25, 0.3) is 0 Å². The molecule has 19 heavy (non-hydrogen) atoms. The van der Waals surface area contributed by atoms with Crippen LogP contribution in [0, 0.1) is 5.41 Å². The predicted molar refractivity (Wildman–Crippen MR) is 70.8 cm³/mol. The number of para-hydroxylation sites is 1. The van der Waals surface area contributed by atoms with E-state index in [4.69, 9.17) is 4.74 Å². The highest BCUT2D eigenvalue weighted by Gasteiger charge is 2.40. The Balaban J connectivity index is 2.84. The summed E-state index contributed by atoms with van der Waals surface area (Å²) in [6.07, 6.45) is 0.350. The number of rotatable bonds is 6. The molecule has 0 bridgehead atoms. The molecule has 1 aromatic carbocycles. The number of carbonyl (C=O) groups is 3. The van der Waals surface area contributed by atoms with Crippen LogP contribution in [-0.4, -0.2) is 17.5 Å². The first-order valence-corrected chi connectivity index (χ1v) is 6.14. The van der Waals surface area contributed by atoms with E-state index in [2.05, 4.69) is 0 Å². The number of hydrogen-bond acceptors (Lipinski definition) is 4. The second kappa shape index (κ2) is 6.27. The summed E-state index contributed by atoms with van der Waals surface area (Å²) in [6, 6.07) is 8.57. The van der Waals surface area contributed by atoms with Crippen molar-refractivity contribution >= 4 is 17.5 Å². The van der Waals surface area contributed by atoms with Crippen molar-refractivity contribution in [2.75, 3.05) is 0 Å². The quantitative estimate of drug-likeness (QED) is 0.449. The molecular formula is C15H18O4. The molecule has 0 saturated carbocycles. The van der Waals surface area contributed by atoms with Crippen molar-refractivity contribution in [3.05, 3.63) is 30.3 Å². The Labute approximate surface area is 112 Å². The first kappa shape index (κ1) is 15.1. The predicted octanol–water partition coefficient (Wildman–Crippen LogP) is 2.56. The summed E-state index contributed by atoms with van der Waals surface area (Å²) in [6.45, 7) is 4.29. The molecule has 0 N–H and O–H groups in total. The zero-order valence-corrected chi connectivity index (χ0v) is 11.4. The number of benzene rings is 1. The van der Waals surface area contributed by atoms with E-state index in [9.17, 15) is 14.4 Å². The van der Waals surface area contributed by atoms with Crippen molar-refractivity contribution in [2.45, 2.75) is 33.6 Å². The topological polar surface area (TPSA) is 60.4 Å². The zero-order chi connectivity index (χ0) is 14.5. The van der Waals surface area contributed by atoms with E-state index in [0.717, 1.165) is 0 Å². The Morgan fingerprint density at radius 1 is 1.11 bits per heavy atom. The van der Waals surface area contributed by atoms with Crippen molar-refractivity contribution in [2.24, 2.45) is 5.41 Å². The third kappa shape index (κ3) is 4.02. The van der Waals surface area contributed by atoms with Crippen LogP contribution in [-0.2, 0) is 14.4 Å². The lowest BCUT2D eigenvalue weighted by atomic mass is 9.81. The lowest BCUT2D eigenvalue weighted by molar-refractivity contribution is -0.151. The number of ether oxygens (including phenoxy) is 1. The van der Waals surface area contributed by atoms with Gasteiger partial charge in [-0.05, 0) is 39.3 Å². The summed E-state index contributed by atoms with van der Waals surface area (Å²) in [4.78, 5) is 34.9. The van der Waals surface area contributed by atoms with E-state index in [1.165, 1.54) is 20.8 Å². The van der Waals surface area contributed by atoms with E-state index in [1.54, 1.807) is 30.3 Å². The zero-order valence-electron chi connectivity index (χ0n) is 11.4. The molecule has 102 valence electrons. The summed E-state index contributed by atoms with van der Waals surface area (Å²) < 4.78 is 5.20. The molecule has 0 fully saturated rings. The minimum absolute atomic E-state index is 0.0556. The third-order valence-corrected chi connectivity index (χ3v) is 3.16. The Morgan fingerprint density at radius 2 is 1.68 bits per heavy atom. The summed E-state index contributed by atoms with van der Waals surface area (Å²) in [5.41, 5.74) is -1.28. The Kier molecular flexibility index (Phi) is 4.98. The lowest BCUT2D eigenvalue weighted by Gasteiger charge is -2.23. The van der Waals surface area contributed by atoms with Gasteiger partial charge in [-0.1, -0.05) is 18.2 Å². The van der Waals surface area contributed by atoms with Gasteiger partial charge in [-0.3, -0.25) is 9.59 Å². The molecule has 4 heteroatoms. The monoisotopic (exact) mass is 262 g/mol. The van der Waals surface area contributed by atoms with Crippen molar-refractivity contribution in [1.29, 1.82) is 0 Å². The van der Waals surface area contributed by atoms with Crippen LogP contribution in [0.15, 0.2) is 30.3 Å². The van der Waals surface area contributed by atoms with Gasteiger partial charge >= 0.3 is 5.97 Å². The van der Waals surface area contributed by atoms with Gasteiger partial charge in [0, 0.05) is 6.42 Å². The molecule has 0 heterocycles. The molecule has 0 saturated heterocycles. The van der Waals surface area contributed by atoms with E-state index in [0.29, 0.717) is 5.75 Å². The molecule has 1 atom stereocenters. The molecule has 4 nitrogen and oxygen atoms in total. The van der Waals surface area contributed by atoms with Gasteiger partial charge in [0.05, 0.1) is 0 Å². The van der Waals surface area contributed by atoms with Crippen LogP contribution in [0.25, 0.3) is 0 Å². The maximum Gasteiger partial charge on any atom is 0.324 e. The molecule has 0 amide bonds. The summed E-state index contributed by atoms with van der Waals surface area (Å²) in [7, 11) is 0. The molecular weight excluding hydrogens is 244 g/mol. The summed E-state index contributed by atoms with van der Waals surface area (Å²) in [5, 5.41) is 0. The van der Waals surface area contributed by atoms with E-state index < -0.39 is 11.4 Å². The number of Topliss-reactive ketones (excluding diaryl/α,β-unsaturated/α-hetero) is 2. The van der Waals surface area contributed by atoms with Crippen LogP contribution in [0.1, 0.15) is 33.6 Å². The highest BCUT2D eigenvalue weighted by Crippen LogP contribution is 2.27. The fraction of sp³-hybridized carbons (Fsp3) is 0.400. The summed E-state index contributed by atoms with van der Waals surface area (Å²) >= 11 is 0. The largest absolute Gasteiger partial charge is 0.426 e. The molecule has 0 radical (unpaired) electrons. The number of esters is 1. The van der Waals surface area contributed by atoms with Crippen LogP contribution < -0.4 is 4.74 Å². The second-order valence-corrected chi connectivity index (χ2v) is 4.79. The van der Waals surface area contributed by atoms with Crippen LogP contribution in [0.4, 0.5) is 0 Å². The Hall–Kier alpha value is -1.97. The van der Waals surface area contributed by atoms with Crippen molar-refractivity contribution in [1.82, 2.24) is 0 Å². The maximum absolute atomic E-state index is 12.1. The van der Waals surface area contributed by atoms with Gasteiger partial charge in [-0.15, -0.1) is 0 Å². The van der Waals surface area contributed by atoms with Crippen LogP contribution in [0.3, 0.4) is 0 Å². The van der Waals surface area contributed by atoms with E-state index in [-0.39, 0.29) is 24.4 Å². The van der Waals surface area contributed by atoms with Crippen molar-refractivity contribution in [3.8, 4) is 5.75 Å². The van der Waals surface area contributed by atoms with Crippen LogP contribution in [0.2, 0.25) is 0 Å². The molecule has 1 rings (SSSR count). The molecule has 0 aliphatic heterocycles. The van der Waals surface area contributed by atoms with E-state index >= 15 is 0 Å². The first-order chi connectivity index (χ1) is 8.86. The molecule has 0 unspecified atom stereocenters. The SMILES string of the molecule is CC(=O)CC[C@](C)(C(C)=O)C(=O)Oc1ccccc1. The number of hydrogen-bond donors (Lipinski definition) is 0. The smallest absolute Gasteiger partial charge is 0.324 e. The molecule has 0 aromatic heterocycles. The minimum Gasteiger partial charge on any atom is -0.426 e. The first-order valence-electron chi connectivity index (χ1n) is 6.14. The fourth-order valence-electron chi connectivity index (χ4n) is 1.56. The van der Waals surface area contributed by atoms with Gasteiger partial charge in [0.15, 0.2) is 0 Å². The van der Waals surface area contributed by atoms with Crippen LogP contribution in [0.5, 0.6) is 5.75 Å². The standard InChI is InChI=1S/C15H18O4/c1-11(16)9-10-15(3,12(2)17)14(18)19-13-7-5-4-6-8-13/h4-8H,9-10H2,1-3H3/t15-/m1/s1. The van der Waals surface area contributed by atoms with E-state index in [1.807, 2.05) is 0 Å². The number of carbonyl (C=O) groups excluding carboxylic acids is 3. The Morgan fingerprint density at radius 3 is 2.16 bits per heavy atom. The average Bonchev–Trinajstić information content (AvgIpc) is 2.36. The fourth-order valence-corrected chi connectivity index (χ4v) is 1.56. The highest BCUT2D eigenvalue weighted by molar-refractivity contribution is 6.03. The molecule has 0 aliphatic carbocycles. The second-order valence-electron chi connectivity index (χ2n) is 4.79. The minimum atomic E-state index is -1.28. The van der Waals surface area contributed by atoms with Gasteiger partial charge in [-0.25, -0.2) is 0 Å². The molecule has 1 aromatic rings. The van der Waals surface area contributed by atoms with Crippen molar-refractivity contribution < 1.29 is 19.1 Å². The number of ketones is 2. The highest BCUT2D eigenvalue weighted by atomic mass is 16.5. The Bertz CT molecular complexity index is 478. The normalized spacial score (nSPS) is 13.4. The molecule has 0 spiro atoms. The summed E-state index contributed by atoms with van der Waals surface area (Å²) in [5.74, 6) is -0.579. The van der Waals surface area contributed by atoms with Crippen LogP contribution >= 0.6 is 0 Å². The average molecular weight is 262 g/mol. The maximum atomic E-state index is 12.1. The van der Waals surface area contributed by atoms with Gasteiger partial charge in [-0.2, -0.15) is 0 Å². The van der Waals surface area contributed by atoms with Gasteiger partial charge in [0.2, 0.25) is 0 Å². The molecule has 0 aliphatic rings.